The molecule has 3 aromatic rings. The minimum atomic E-state index is -1.06. The second-order valence-electron chi connectivity index (χ2n) is 11.5. The monoisotopic (exact) mass is 561 g/mol. The number of fused-ring (bicyclic) bond motifs is 1. The van der Waals surface area contributed by atoms with Gasteiger partial charge in [-0.3, -0.25) is 9.59 Å². The summed E-state index contributed by atoms with van der Waals surface area (Å²) < 4.78 is 5.44. The number of aliphatic hydroxyl groups is 1. The third-order valence-electron chi connectivity index (χ3n) is 7.29. The number of hydrogen-bond donors (Lipinski definition) is 3. The van der Waals surface area contributed by atoms with Gasteiger partial charge in [0.2, 0.25) is 5.91 Å². The predicted octanol–water partition coefficient (Wildman–Crippen LogP) is 5.90. The minimum Gasteiger partial charge on any atom is -0.444 e. The first kappa shape index (κ1) is 31.6. The molecule has 41 heavy (non-hydrogen) atoms. The molecule has 3 aromatic carbocycles. The number of amides is 3. The van der Waals surface area contributed by atoms with Crippen molar-refractivity contribution in [3.8, 4) is 0 Å². The Kier molecular flexibility index (Phi) is 10.5. The highest BCUT2D eigenvalue weighted by molar-refractivity contribution is 6.00. The van der Waals surface area contributed by atoms with Gasteiger partial charge in [-0.05, 0) is 80.1 Å². The van der Waals surface area contributed by atoms with E-state index in [4.69, 9.17) is 4.74 Å². The van der Waals surface area contributed by atoms with Crippen molar-refractivity contribution in [2.75, 3.05) is 18.5 Å². The molecule has 0 saturated heterocycles. The number of nitrogens with one attached hydrogen (secondary N) is 2. The van der Waals surface area contributed by atoms with Crippen LogP contribution in [0.25, 0.3) is 10.8 Å². The number of aliphatic hydroxyl groups excluding tert-OH is 1. The smallest absolute Gasteiger partial charge is 0.408 e. The summed E-state index contributed by atoms with van der Waals surface area (Å²) >= 11 is 0. The van der Waals surface area contributed by atoms with E-state index in [1.54, 1.807) is 20.8 Å². The van der Waals surface area contributed by atoms with Crippen LogP contribution in [0.15, 0.2) is 60.7 Å². The maximum Gasteiger partial charge on any atom is 0.408 e. The number of rotatable bonds is 10. The Hall–Kier alpha value is -3.91. The fourth-order valence-electron chi connectivity index (χ4n) is 4.77. The number of alkyl carbamates (subject to hydrolysis) is 1. The van der Waals surface area contributed by atoms with E-state index in [1.807, 2.05) is 88.4 Å². The number of hydrogen-bond acceptors (Lipinski definition) is 5. The molecule has 3 N–H and O–H groups in total. The first-order valence-electron chi connectivity index (χ1n) is 14.1. The average Bonchev–Trinajstić information content (AvgIpc) is 2.91. The number of ether oxygens (including phenoxy) is 1. The van der Waals surface area contributed by atoms with Gasteiger partial charge in [0.1, 0.15) is 17.7 Å². The molecule has 3 unspecified atom stereocenters. The van der Waals surface area contributed by atoms with Gasteiger partial charge in [-0.2, -0.15) is 0 Å². The topological polar surface area (TPSA) is 108 Å². The molecule has 0 bridgehead atoms. The van der Waals surface area contributed by atoms with Crippen LogP contribution < -0.4 is 10.6 Å². The van der Waals surface area contributed by atoms with Gasteiger partial charge < -0.3 is 25.4 Å². The maximum absolute atomic E-state index is 14.2. The Morgan fingerprint density at radius 2 is 1.66 bits per heavy atom. The zero-order valence-electron chi connectivity index (χ0n) is 25.2. The lowest BCUT2D eigenvalue weighted by Crippen LogP contribution is -2.55. The van der Waals surface area contributed by atoms with E-state index in [0.29, 0.717) is 17.7 Å². The zero-order valence-corrected chi connectivity index (χ0v) is 25.2. The number of aryl methyl sites for hydroxylation is 1. The second-order valence-corrected chi connectivity index (χ2v) is 11.5. The minimum absolute atomic E-state index is 0.106. The van der Waals surface area contributed by atoms with Crippen molar-refractivity contribution >= 4 is 34.4 Å². The number of benzene rings is 3. The van der Waals surface area contributed by atoms with Crippen LogP contribution in [0.1, 0.15) is 63.8 Å². The van der Waals surface area contributed by atoms with Crippen LogP contribution in [0.2, 0.25) is 0 Å². The first-order chi connectivity index (χ1) is 19.4. The Morgan fingerprint density at radius 3 is 2.29 bits per heavy atom. The second kappa shape index (κ2) is 13.6. The molecular weight excluding hydrogens is 518 g/mol. The van der Waals surface area contributed by atoms with Crippen molar-refractivity contribution in [1.29, 1.82) is 0 Å². The molecule has 0 fully saturated rings. The molecule has 3 amide bonds. The molecule has 220 valence electrons. The third kappa shape index (κ3) is 8.07. The van der Waals surface area contributed by atoms with E-state index in [0.717, 1.165) is 21.9 Å². The van der Waals surface area contributed by atoms with Gasteiger partial charge in [0.15, 0.2) is 0 Å². The molecule has 3 rings (SSSR count). The number of nitrogens with zero attached hydrogens (tertiary/aromatic N) is 1. The first-order valence-corrected chi connectivity index (χ1v) is 14.1. The van der Waals surface area contributed by atoms with Crippen LogP contribution in [0.5, 0.6) is 0 Å². The van der Waals surface area contributed by atoms with Gasteiger partial charge in [-0.1, -0.05) is 68.8 Å². The summed E-state index contributed by atoms with van der Waals surface area (Å²) in [6, 6.07) is 17.1. The van der Waals surface area contributed by atoms with Crippen LogP contribution >= 0.6 is 0 Å². The maximum atomic E-state index is 14.2. The number of carbonyl (C=O) groups excluding carboxylic acids is 3. The molecular formula is C33H43N3O5. The van der Waals surface area contributed by atoms with Crippen LogP contribution in [-0.4, -0.2) is 52.7 Å². The van der Waals surface area contributed by atoms with Crippen molar-refractivity contribution in [3.63, 3.8) is 0 Å². The molecule has 0 aliphatic heterocycles. The van der Waals surface area contributed by atoms with Gasteiger partial charge in [0, 0.05) is 12.2 Å². The zero-order chi connectivity index (χ0) is 30.3. The van der Waals surface area contributed by atoms with Crippen molar-refractivity contribution in [2.24, 2.45) is 5.92 Å². The lowest BCUT2D eigenvalue weighted by molar-refractivity contribution is -0.142. The lowest BCUT2D eigenvalue weighted by Gasteiger charge is -2.36. The van der Waals surface area contributed by atoms with Crippen LogP contribution in [-0.2, 0) is 14.3 Å². The van der Waals surface area contributed by atoms with Gasteiger partial charge >= 0.3 is 6.09 Å². The molecule has 3 atom stereocenters. The normalized spacial score (nSPS) is 13.7. The summed E-state index contributed by atoms with van der Waals surface area (Å²) in [5.41, 5.74) is 2.31. The van der Waals surface area contributed by atoms with Gasteiger partial charge in [-0.25, -0.2) is 4.79 Å². The Labute approximate surface area is 243 Å². The summed E-state index contributed by atoms with van der Waals surface area (Å²) in [6.07, 6.45) is -0.125. The molecule has 8 nitrogen and oxygen atoms in total. The number of anilines is 1. The van der Waals surface area contributed by atoms with Gasteiger partial charge in [-0.15, -0.1) is 0 Å². The highest BCUT2D eigenvalue weighted by Gasteiger charge is 2.38. The summed E-state index contributed by atoms with van der Waals surface area (Å²) in [5, 5.41) is 17.8. The van der Waals surface area contributed by atoms with Crippen molar-refractivity contribution in [2.45, 2.75) is 72.6 Å². The fraction of sp³-hybridized carbons (Fsp3) is 0.424. The highest BCUT2D eigenvalue weighted by atomic mass is 16.6. The van der Waals surface area contributed by atoms with Gasteiger partial charge in [0.05, 0.1) is 6.61 Å². The quantitative estimate of drug-likeness (QED) is 0.286. The van der Waals surface area contributed by atoms with Crippen molar-refractivity contribution in [1.82, 2.24) is 10.2 Å². The molecule has 0 radical (unpaired) electrons. The van der Waals surface area contributed by atoms with Crippen LogP contribution in [0.3, 0.4) is 0 Å². The van der Waals surface area contributed by atoms with E-state index >= 15 is 0 Å². The molecule has 0 aliphatic rings. The number of carbonyl (C=O) groups is 3. The van der Waals surface area contributed by atoms with Crippen molar-refractivity contribution < 1.29 is 24.2 Å². The third-order valence-corrected chi connectivity index (χ3v) is 7.29. The molecule has 0 aromatic heterocycles. The molecule has 8 heteroatoms. The molecule has 0 heterocycles. The summed E-state index contributed by atoms with van der Waals surface area (Å²) in [4.78, 5) is 42.5. The Bertz CT molecular complexity index is 1380. The molecule has 0 spiro atoms. The Morgan fingerprint density at radius 1 is 0.976 bits per heavy atom. The van der Waals surface area contributed by atoms with Crippen molar-refractivity contribution in [3.05, 3.63) is 77.4 Å². The summed E-state index contributed by atoms with van der Waals surface area (Å²) in [6.45, 7) is 12.4. The van der Waals surface area contributed by atoms with Gasteiger partial charge in [0.25, 0.3) is 5.91 Å². The predicted molar refractivity (Wildman–Crippen MR) is 163 cm³/mol. The molecule has 0 saturated carbocycles. The van der Waals surface area contributed by atoms with E-state index < -0.39 is 35.6 Å². The standard InChI is InChI=1S/C33H43N3O5/c1-8-21(2)28(35-32(40)41-33(5,6)7)31(39)36(18-19-37)29(27-15-11-12-22(3)23(27)4)30(38)34-26-17-16-24-13-9-10-14-25(24)20-26/h9-17,20-21,28-29,37H,8,18-19H2,1-7H3,(H,34,38)(H,35,40). The van der Waals surface area contributed by atoms with E-state index in [1.165, 1.54) is 4.90 Å². The SMILES string of the molecule is CCC(C)C(NC(=O)OC(C)(C)C)C(=O)N(CCO)C(C(=O)Nc1ccc2ccccc2c1)c1cccc(C)c1C. The fourth-order valence-corrected chi connectivity index (χ4v) is 4.77. The molecule has 0 aliphatic carbocycles. The van der Waals surface area contributed by atoms with Crippen LogP contribution in [0, 0.1) is 19.8 Å². The lowest BCUT2D eigenvalue weighted by atomic mass is 9.93. The largest absolute Gasteiger partial charge is 0.444 e. The van der Waals surface area contributed by atoms with E-state index in [2.05, 4.69) is 10.6 Å². The average molecular weight is 562 g/mol. The van der Waals surface area contributed by atoms with E-state index in [-0.39, 0.29) is 19.1 Å². The summed E-state index contributed by atoms with van der Waals surface area (Å²) in [7, 11) is 0. The Balaban J connectivity index is 2.06. The van der Waals surface area contributed by atoms with E-state index in [9.17, 15) is 19.5 Å². The summed E-state index contributed by atoms with van der Waals surface area (Å²) in [5.74, 6) is -1.16. The highest BCUT2D eigenvalue weighted by Crippen LogP contribution is 2.30. The van der Waals surface area contributed by atoms with Crippen LogP contribution in [0.4, 0.5) is 10.5 Å².